The van der Waals surface area contributed by atoms with Gasteiger partial charge in [0.1, 0.15) is 0 Å². The molecule has 0 unspecified atom stereocenters. The molecule has 0 amide bonds. The van der Waals surface area contributed by atoms with Gasteiger partial charge in [0.2, 0.25) is 10.0 Å². The summed E-state index contributed by atoms with van der Waals surface area (Å²) in [6.07, 6.45) is 6.92. The van der Waals surface area contributed by atoms with Crippen molar-refractivity contribution in [3.63, 3.8) is 0 Å². The standard InChI is InChI=1S/C21H34N4O2S/c1-22-21(23-12-15-28(26,27)24-17-20-8-5-9-20)25-13-10-19(11-14-25)16-18-6-3-2-4-7-18/h2-4,6-7,19-20,24H,5,8-17H2,1H3,(H,22,23). The summed E-state index contributed by atoms with van der Waals surface area (Å²) in [4.78, 5) is 6.60. The van der Waals surface area contributed by atoms with E-state index in [2.05, 4.69) is 50.3 Å². The molecule has 0 atom stereocenters. The van der Waals surface area contributed by atoms with Crippen molar-refractivity contribution in [3.05, 3.63) is 35.9 Å². The lowest BCUT2D eigenvalue weighted by Gasteiger charge is -2.34. The van der Waals surface area contributed by atoms with Crippen molar-refractivity contribution < 1.29 is 8.42 Å². The lowest BCUT2D eigenvalue weighted by atomic mass is 9.86. The van der Waals surface area contributed by atoms with Gasteiger partial charge in [-0.3, -0.25) is 4.99 Å². The molecule has 1 saturated carbocycles. The second-order valence-corrected chi connectivity index (χ2v) is 9.98. The average molecular weight is 407 g/mol. The number of benzene rings is 1. The Morgan fingerprint density at radius 1 is 1.11 bits per heavy atom. The smallest absolute Gasteiger partial charge is 0.213 e. The van der Waals surface area contributed by atoms with Crippen molar-refractivity contribution >= 4 is 16.0 Å². The van der Waals surface area contributed by atoms with Crippen LogP contribution in [-0.2, 0) is 16.4 Å². The molecule has 0 aromatic heterocycles. The highest BCUT2D eigenvalue weighted by Gasteiger charge is 2.23. The first-order valence-corrected chi connectivity index (χ1v) is 12.2. The van der Waals surface area contributed by atoms with Gasteiger partial charge in [-0.25, -0.2) is 13.1 Å². The Bertz CT molecular complexity index is 724. The van der Waals surface area contributed by atoms with E-state index >= 15 is 0 Å². The number of likely N-dealkylation sites (tertiary alicyclic amines) is 1. The molecule has 1 aromatic rings. The van der Waals surface area contributed by atoms with Crippen LogP contribution in [0.5, 0.6) is 0 Å². The Kier molecular flexibility index (Phi) is 7.73. The average Bonchev–Trinajstić information content (AvgIpc) is 2.65. The molecule has 0 bridgehead atoms. The van der Waals surface area contributed by atoms with E-state index in [1.807, 2.05) is 0 Å². The van der Waals surface area contributed by atoms with Gasteiger partial charge in [0.05, 0.1) is 5.75 Å². The molecular weight excluding hydrogens is 372 g/mol. The topological polar surface area (TPSA) is 73.8 Å². The molecule has 1 aliphatic heterocycles. The van der Waals surface area contributed by atoms with Crippen molar-refractivity contribution in [3.8, 4) is 0 Å². The van der Waals surface area contributed by atoms with Gasteiger partial charge in [0.25, 0.3) is 0 Å². The van der Waals surface area contributed by atoms with E-state index in [0.717, 1.165) is 51.2 Å². The number of guanidine groups is 1. The van der Waals surface area contributed by atoms with E-state index in [4.69, 9.17) is 0 Å². The minimum Gasteiger partial charge on any atom is -0.355 e. The minimum atomic E-state index is -3.22. The van der Waals surface area contributed by atoms with E-state index < -0.39 is 10.0 Å². The first-order chi connectivity index (χ1) is 13.6. The monoisotopic (exact) mass is 406 g/mol. The third-order valence-corrected chi connectivity index (χ3v) is 7.31. The molecule has 2 fully saturated rings. The molecule has 3 rings (SSSR count). The molecule has 0 radical (unpaired) electrons. The summed E-state index contributed by atoms with van der Waals surface area (Å²) in [7, 11) is -1.45. The van der Waals surface area contributed by atoms with Gasteiger partial charge in [-0.15, -0.1) is 0 Å². The first kappa shape index (κ1) is 21.1. The van der Waals surface area contributed by atoms with Crippen LogP contribution in [0.3, 0.4) is 0 Å². The Hall–Kier alpha value is -1.60. The maximum atomic E-state index is 12.1. The largest absolute Gasteiger partial charge is 0.355 e. The number of nitrogens with one attached hydrogen (secondary N) is 2. The Morgan fingerprint density at radius 3 is 2.43 bits per heavy atom. The fourth-order valence-electron chi connectivity index (χ4n) is 3.94. The number of piperidine rings is 1. The summed E-state index contributed by atoms with van der Waals surface area (Å²) in [6, 6.07) is 10.7. The Morgan fingerprint density at radius 2 is 1.82 bits per heavy atom. The second kappa shape index (κ2) is 10.3. The molecule has 1 heterocycles. The number of rotatable bonds is 8. The summed E-state index contributed by atoms with van der Waals surface area (Å²) in [6.45, 7) is 2.90. The van der Waals surface area contributed by atoms with Gasteiger partial charge in [-0.05, 0) is 49.5 Å². The lowest BCUT2D eigenvalue weighted by molar-refractivity contribution is 0.259. The summed E-state index contributed by atoms with van der Waals surface area (Å²) < 4.78 is 27.0. The van der Waals surface area contributed by atoms with E-state index in [-0.39, 0.29) is 5.75 Å². The molecule has 0 spiro atoms. The van der Waals surface area contributed by atoms with Crippen LogP contribution in [0.4, 0.5) is 0 Å². The highest BCUT2D eigenvalue weighted by molar-refractivity contribution is 7.89. The Labute approximate surface area is 169 Å². The summed E-state index contributed by atoms with van der Waals surface area (Å²) in [5.74, 6) is 2.14. The van der Waals surface area contributed by atoms with Gasteiger partial charge in [-0.1, -0.05) is 36.8 Å². The van der Waals surface area contributed by atoms with E-state index in [9.17, 15) is 8.42 Å². The van der Waals surface area contributed by atoms with E-state index in [1.165, 1.54) is 12.0 Å². The third-order valence-electron chi connectivity index (χ3n) is 5.96. The molecule has 7 heteroatoms. The van der Waals surface area contributed by atoms with Crippen LogP contribution >= 0.6 is 0 Å². The van der Waals surface area contributed by atoms with Crippen LogP contribution in [0.2, 0.25) is 0 Å². The number of nitrogens with zero attached hydrogens (tertiary/aromatic N) is 2. The van der Waals surface area contributed by atoms with Crippen LogP contribution < -0.4 is 10.0 Å². The maximum absolute atomic E-state index is 12.1. The first-order valence-electron chi connectivity index (χ1n) is 10.5. The molecule has 1 aliphatic carbocycles. The fraction of sp³-hybridized carbons (Fsp3) is 0.667. The SMILES string of the molecule is CN=C(NCCS(=O)(=O)NCC1CCC1)N1CCC(Cc2ccccc2)CC1. The summed E-state index contributed by atoms with van der Waals surface area (Å²) in [5, 5.41) is 3.23. The van der Waals surface area contributed by atoms with Crippen LogP contribution in [0, 0.1) is 11.8 Å². The highest BCUT2D eigenvalue weighted by Crippen LogP contribution is 2.25. The zero-order valence-electron chi connectivity index (χ0n) is 16.9. The molecule has 2 N–H and O–H groups in total. The van der Waals surface area contributed by atoms with Crippen LogP contribution in [0.1, 0.15) is 37.7 Å². The normalized spacial score (nSPS) is 19.5. The van der Waals surface area contributed by atoms with Crippen molar-refractivity contribution in [2.75, 3.05) is 39.0 Å². The molecule has 2 aliphatic rings. The molecule has 28 heavy (non-hydrogen) atoms. The van der Waals surface area contributed by atoms with Gasteiger partial charge in [-0.2, -0.15) is 0 Å². The predicted molar refractivity (Wildman–Crippen MR) is 115 cm³/mol. The van der Waals surface area contributed by atoms with Crippen molar-refractivity contribution in [1.29, 1.82) is 0 Å². The number of hydrogen-bond acceptors (Lipinski definition) is 3. The number of sulfonamides is 1. The highest BCUT2D eigenvalue weighted by atomic mass is 32.2. The molecule has 156 valence electrons. The van der Waals surface area contributed by atoms with Crippen LogP contribution in [-0.4, -0.2) is 58.3 Å². The van der Waals surface area contributed by atoms with Gasteiger partial charge >= 0.3 is 0 Å². The van der Waals surface area contributed by atoms with Crippen molar-refractivity contribution in [2.24, 2.45) is 16.8 Å². The zero-order chi connectivity index (χ0) is 19.8. The predicted octanol–water partition coefficient (Wildman–Crippen LogP) is 2.24. The molecule has 1 saturated heterocycles. The van der Waals surface area contributed by atoms with E-state index in [0.29, 0.717) is 24.9 Å². The Balaban J connectivity index is 1.37. The second-order valence-electron chi connectivity index (χ2n) is 8.06. The molecular formula is C21H34N4O2S. The van der Waals surface area contributed by atoms with Gasteiger partial charge in [0.15, 0.2) is 5.96 Å². The minimum absolute atomic E-state index is 0.0865. The van der Waals surface area contributed by atoms with Gasteiger partial charge in [0, 0.05) is 33.2 Å². The van der Waals surface area contributed by atoms with Crippen LogP contribution in [0.15, 0.2) is 35.3 Å². The van der Waals surface area contributed by atoms with Crippen molar-refractivity contribution in [2.45, 2.75) is 38.5 Å². The quantitative estimate of drug-likeness (QED) is 0.513. The number of aliphatic imine (C=N–C) groups is 1. The number of hydrogen-bond donors (Lipinski definition) is 2. The van der Waals surface area contributed by atoms with Crippen LogP contribution in [0.25, 0.3) is 0 Å². The molecule has 6 nitrogen and oxygen atoms in total. The zero-order valence-corrected chi connectivity index (χ0v) is 17.8. The van der Waals surface area contributed by atoms with E-state index in [1.54, 1.807) is 7.05 Å². The summed E-state index contributed by atoms with van der Waals surface area (Å²) in [5.41, 5.74) is 1.41. The molecule has 1 aromatic carbocycles. The third kappa shape index (κ3) is 6.48. The maximum Gasteiger partial charge on any atom is 0.213 e. The van der Waals surface area contributed by atoms with Crippen molar-refractivity contribution in [1.82, 2.24) is 14.9 Å². The lowest BCUT2D eigenvalue weighted by Crippen LogP contribution is -2.47. The summed E-state index contributed by atoms with van der Waals surface area (Å²) >= 11 is 0. The van der Waals surface area contributed by atoms with Gasteiger partial charge < -0.3 is 10.2 Å². The fourth-order valence-corrected chi connectivity index (χ4v) is 4.94.